The zero-order valence-electron chi connectivity index (χ0n) is 15.4. The Hall–Kier alpha value is -2.38. The third-order valence-electron chi connectivity index (χ3n) is 4.31. The molecule has 0 fully saturated rings. The molecule has 0 bridgehead atoms. The molecule has 0 unspecified atom stereocenters. The van der Waals surface area contributed by atoms with E-state index in [-0.39, 0.29) is 0 Å². The van der Waals surface area contributed by atoms with Gasteiger partial charge in [0.15, 0.2) is 0 Å². The van der Waals surface area contributed by atoms with Crippen molar-refractivity contribution < 1.29 is 0 Å². The van der Waals surface area contributed by atoms with E-state index in [0.717, 1.165) is 17.7 Å². The van der Waals surface area contributed by atoms with E-state index in [4.69, 9.17) is 5.84 Å². The number of hydrazine groups is 1. The first kappa shape index (κ1) is 19.9. The summed E-state index contributed by atoms with van der Waals surface area (Å²) in [6.07, 6.45) is 8.65. The van der Waals surface area contributed by atoms with Crippen molar-refractivity contribution >= 4 is 11.5 Å². The van der Waals surface area contributed by atoms with Gasteiger partial charge in [0.1, 0.15) is 5.82 Å². The molecule has 0 saturated carbocycles. The Morgan fingerprint density at radius 2 is 1.77 bits per heavy atom. The Morgan fingerprint density at radius 3 is 2.50 bits per heavy atom. The van der Waals surface area contributed by atoms with E-state index in [2.05, 4.69) is 39.8 Å². The lowest BCUT2D eigenvalue weighted by Crippen LogP contribution is -2.23. The van der Waals surface area contributed by atoms with Crippen LogP contribution in [-0.4, -0.2) is 9.97 Å². The van der Waals surface area contributed by atoms with E-state index in [0.29, 0.717) is 12.4 Å². The fourth-order valence-electron chi connectivity index (χ4n) is 2.97. The molecule has 0 radical (unpaired) electrons. The van der Waals surface area contributed by atoms with Crippen LogP contribution in [-0.2, 0) is 13.0 Å². The molecule has 0 amide bonds. The zero-order valence-corrected chi connectivity index (χ0v) is 15.4. The van der Waals surface area contributed by atoms with Gasteiger partial charge in [0.2, 0.25) is 0 Å². The molecule has 7 nitrogen and oxygen atoms in total. The molecule has 0 saturated heterocycles. The van der Waals surface area contributed by atoms with Crippen LogP contribution in [0.3, 0.4) is 0 Å². The molecule has 2 rings (SSSR count). The number of aryl methyl sites for hydroxylation is 1. The van der Waals surface area contributed by atoms with E-state index < -0.39 is 11.2 Å². The number of hydrogen-bond donors (Lipinski definition) is 5. The number of nitrogens with two attached hydrogens (primary N) is 1. The number of aromatic amines is 2. The molecule has 6 N–H and O–H groups in total. The van der Waals surface area contributed by atoms with Gasteiger partial charge in [0.05, 0.1) is 0 Å². The lowest BCUT2D eigenvalue weighted by atomic mass is 10.0. The molecule has 7 heteroatoms. The molecule has 1 aromatic heterocycles. The number of anilines is 2. The van der Waals surface area contributed by atoms with Crippen LogP contribution in [0.4, 0.5) is 11.5 Å². The highest BCUT2D eigenvalue weighted by molar-refractivity contribution is 5.61. The van der Waals surface area contributed by atoms with Crippen LogP contribution in [0.15, 0.2) is 33.9 Å². The Kier molecular flexibility index (Phi) is 8.11. The van der Waals surface area contributed by atoms with Crippen LogP contribution >= 0.6 is 0 Å². The van der Waals surface area contributed by atoms with Gasteiger partial charge in [-0.2, -0.15) is 0 Å². The monoisotopic (exact) mass is 359 g/mol. The summed E-state index contributed by atoms with van der Waals surface area (Å²) >= 11 is 0. The molecular formula is C19H29N5O2. The average molecular weight is 359 g/mol. The average Bonchev–Trinajstić information content (AvgIpc) is 2.59. The second-order valence-corrected chi connectivity index (χ2v) is 6.52. The molecule has 0 atom stereocenters. The fraction of sp³-hybridized carbons (Fsp3) is 0.474. The summed E-state index contributed by atoms with van der Waals surface area (Å²) in [5.74, 6) is 5.85. The summed E-state index contributed by atoms with van der Waals surface area (Å²) in [5, 5.41) is 3.09. The first-order chi connectivity index (χ1) is 12.6. The zero-order chi connectivity index (χ0) is 18.8. The molecule has 1 heterocycles. The van der Waals surface area contributed by atoms with Crippen molar-refractivity contribution in [1.29, 1.82) is 0 Å². The highest BCUT2D eigenvalue weighted by Crippen LogP contribution is 2.22. The minimum absolute atomic E-state index is 0.348. The number of H-pyrrole nitrogens is 2. The Morgan fingerprint density at radius 1 is 1.00 bits per heavy atom. The Labute approximate surface area is 153 Å². The van der Waals surface area contributed by atoms with Crippen molar-refractivity contribution in [3.05, 3.63) is 56.2 Å². The summed E-state index contributed by atoms with van der Waals surface area (Å²) in [5.41, 5.74) is 4.72. The van der Waals surface area contributed by atoms with Gasteiger partial charge in [-0.3, -0.25) is 26.0 Å². The molecule has 2 aromatic rings. The topological polar surface area (TPSA) is 116 Å². The minimum atomic E-state index is -0.543. The normalized spacial score (nSPS) is 10.8. The summed E-state index contributed by atoms with van der Waals surface area (Å²) in [6.45, 7) is 2.71. The van der Waals surface area contributed by atoms with E-state index in [9.17, 15) is 9.59 Å². The number of hydrogen-bond acceptors (Lipinski definition) is 5. The minimum Gasteiger partial charge on any atom is -0.341 e. The van der Waals surface area contributed by atoms with Gasteiger partial charge < -0.3 is 5.32 Å². The quantitative estimate of drug-likeness (QED) is 0.240. The maximum atomic E-state index is 11.4. The van der Waals surface area contributed by atoms with Crippen molar-refractivity contribution in [3.8, 4) is 0 Å². The van der Waals surface area contributed by atoms with E-state index in [1.807, 2.05) is 6.07 Å². The summed E-state index contributed by atoms with van der Waals surface area (Å²) in [7, 11) is 0. The first-order valence-electron chi connectivity index (χ1n) is 9.28. The van der Waals surface area contributed by atoms with Gasteiger partial charge in [0.25, 0.3) is 5.56 Å². The van der Waals surface area contributed by atoms with Crippen LogP contribution < -0.4 is 27.8 Å². The fourth-order valence-corrected chi connectivity index (χ4v) is 2.97. The maximum absolute atomic E-state index is 11.4. The lowest BCUT2D eigenvalue weighted by Gasteiger charge is -2.13. The summed E-state index contributed by atoms with van der Waals surface area (Å²) in [6, 6.07) is 7.45. The molecular weight excluding hydrogens is 330 g/mol. The van der Waals surface area contributed by atoms with E-state index in [1.54, 1.807) is 0 Å². The molecule has 0 aliphatic carbocycles. The Balaban J connectivity index is 2.03. The van der Waals surface area contributed by atoms with Gasteiger partial charge in [-0.1, -0.05) is 51.2 Å². The summed E-state index contributed by atoms with van der Waals surface area (Å²) in [4.78, 5) is 27.5. The highest BCUT2D eigenvalue weighted by Gasteiger charge is 2.06. The predicted molar refractivity (Wildman–Crippen MR) is 106 cm³/mol. The molecule has 0 aliphatic rings. The number of nitrogens with one attached hydrogen (secondary N) is 4. The third kappa shape index (κ3) is 6.50. The van der Waals surface area contributed by atoms with Crippen LogP contribution in [0.25, 0.3) is 0 Å². The van der Waals surface area contributed by atoms with Crippen LogP contribution in [0.5, 0.6) is 0 Å². The highest BCUT2D eigenvalue weighted by atomic mass is 16.2. The molecule has 1 aromatic carbocycles. The largest absolute Gasteiger partial charge is 0.341 e. The third-order valence-corrected chi connectivity index (χ3v) is 4.31. The smallest absolute Gasteiger partial charge is 0.327 e. The van der Waals surface area contributed by atoms with Gasteiger partial charge in [0, 0.05) is 18.3 Å². The Bertz CT molecular complexity index is 769. The van der Waals surface area contributed by atoms with E-state index in [1.165, 1.54) is 50.2 Å². The molecule has 0 aliphatic heterocycles. The lowest BCUT2D eigenvalue weighted by molar-refractivity contribution is 0.607. The van der Waals surface area contributed by atoms with Crippen LogP contribution in [0.2, 0.25) is 0 Å². The van der Waals surface area contributed by atoms with Gasteiger partial charge in [-0.05, 0) is 30.0 Å². The molecule has 0 spiro atoms. The summed E-state index contributed by atoms with van der Waals surface area (Å²) < 4.78 is 0. The van der Waals surface area contributed by atoms with Crippen molar-refractivity contribution in [1.82, 2.24) is 15.4 Å². The first-order valence-corrected chi connectivity index (χ1v) is 9.28. The SMILES string of the molecule is CCCCCCCCc1ccc(Nc2cc(=O)[nH]c(=O)[nH]2)c(CNN)c1. The second kappa shape index (κ2) is 10.6. The van der Waals surface area contributed by atoms with Crippen molar-refractivity contribution in [2.24, 2.45) is 5.84 Å². The molecule has 142 valence electrons. The van der Waals surface area contributed by atoms with Gasteiger partial charge in [-0.15, -0.1) is 0 Å². The number of aromatic nitrogens is 2. The van der Waals surface area contributed by atoms with Gasteiger partial charge in [-0.25, -0.2) is 4.79 Å². The van der Waals surface area contributed by atoms with Gasteiger partial charge >= 0.3 is 5.69 Å². The maximum Gasteiger partial charge on any atom is 0.327 e. The van der Waals surface area contributed by atoms with Crippen molar-refractivity contribution in [2.45, 2.75) is 58.4 Å². The van der Waals surface area contributed by atoms with Crippen molar-refractivity contribution in [3.63, 3.8) is 0 Å². The van der Waals surface area contributed by atoms with Crippen molar-refractivity contribution in [2.75, 3.05) is 5.32 Å². The number of rotatable bonds is 11. The van der Waals surface area contributed by atoms with Crippen LogP contribution in [0, 0.1) is 0 Å². The molecule has 26 heavy (non-hydrogen) atoms. The predicted octanol–water partition coefficient (Wildman–Crippen LogP) is 2.67. The number of unbranched alkanes of at least 4 members (excludes halogenated alkanes) is 5. The van der Waals surface area contributed by atoms with E-state index >= 15 is 0 Å². The van der Waals surface area contributed by atoms with Crippen LogP contribution in [0.1, 0.15) is 56.6 Å². The second-order valence-electron chi connectivity index (χ2n) is 6.52. The number of benzene rings is 1. The standard InChI is InChI=1S/C19H29N5O2/c1-2-3-4-5-6-7-8-14-9-10-16(15(11-14)13-21-20)22-17-12-18(25)24-19(26)23-17/h9-12,21H,2-8,13,20H2,1H3,(H3,22,23,24,25,26).